The quantitative estimate of drug-likeness (QED) is 0.829. The van der Waals surface area contributed by atoms with Crippen molar-refractivity contribution in [1.82, 2.24) is 4.98 Å². The Bertz CT molecular complexity index is 354. The van der Waals surface area contributed by atoms with Gasteiger partial charge in [0.05, 0.1) is 11.9 Å². The summed E-state index contributed by atoms with van der Waals surface area (Å²) in [5.74, 6) is -0.970. The first-order valence-corrected chi connectivity index (χ1v) is 5.71. The molecule has 1 saturated heterocycles. The van der Waals surface area contributed by atoms with E-state index in [1.54, 1.807) is 12.3 Å². The van der Waals surface area contributed by atoms with E-state index in [-0.39, 0.29) is 5.69 Å². The molecule has 0 radical (unpaired) electrons. The maximum absolute atomic E-state index is 10.7. The third kappa shape index (κ3) is 2.51. The van der Waals surface area contributed by atoms with Crippen LogP contribution in [0.15, 0.2) is 18.3 Å². The van der Waals surface area contributed by atoms with Crippen LogP contribution in [0.2, 0.25) is 0 Å². The second-order valence-corrected chi connectivity index (χ2v) is 4.11. The molecule has 0 saturated carbocycles. The van der Waals surface area contributed by atoms with Crippen molar-refractivity contribution in [3.63, 3.8) is 0 Å². The van der Waals surface area contributed by atoms with E-state index in [9.17, 15) is 4.79 Å². The van der Waals surface area contributed by atoms with Gasteiger partial charge in [-0.1, -0.05) is 12.8 Å². The van der Waals surface area contributed by atoms with E-state index in [4.69, 9.17) is 5.11 Å². The fourth-order valence-electron chi connectivity index (χ4n) is 2.03. The van der Waals surface area contributed by atoms with Crippen LogP contribution in [0.4, 0.5) is 5.69 Å². The number of rotatable bonds is 2. The maximum atomic E-state index is 10.7. The number of pyridine rings is 1. The first-order chi connectivity index (χ1) is 7.77. The largest absolute Gasteiger partial charge is 0.477 e. The average molecular weight is 220 g/mol. The number of hydrogen-bond acceptors (Lipinski definition) is 3. The third-order valence-corrected chi connectivity index (χ3v) is 2.94. The Kier molecular flexibility index (Phi) is 3.39. The lowest BCUT2D eigenvalue weighted by Gasteiger charge is -2.22. The molecule has 0 unspecified atom stereocenters. The van der Waals surface area contributed by atoms with E-state index in [2.05, 4.69) is 9.88 Å². The Hall–Kier alpha value is -1.58. The number of carbonyl (C=O) groups is 1. The topological polar surface area (TPSA) is 53.4 Å². The fourth-order valence-corrected chi connectivity index (χ4v) is 2.03. The van der Waals surface area contributed by atoms with Gasteiger partial charge in [-0.15, -0.1) is 0 Å². The molecule has 1 aliphatic heterocycles. The van der Waals surface area contributed by atoms with Gasteiger partial charge in [0.2, 0.25) is 0 Å². The Morgan fingerprint density at radius 1 is 1.19 bits per heavy atom. The molecule has 1 aliphatic rings. The zero-order chi connectivity index (χ0) is 11.4. The zero-order valence-corrected chi connectivity index (χ0v) is 9.22. The highest BCUT2D eigenvalue weighted by Gasteiger charge is 2.11. The van der Waals surface area contributed by atoms with E-state index in [0.717, 1.165) is 18.8 Å². The van der Waals surface area contributed by atoms with Crippen LogP contribution in [0, 0.1) is 0 Å². The summed E-state index contributed by atoms with van der Waals surface area (Å²) in [7, 11) is 0. The second-order valence-electron chi connectivity index (χ2n) is 4.11. The molecule has 1 N–H and O–H groups in total. The summed E-state index contributed by atoms with van der Waals surface area (Å²) < 4.78 is 0. The molecule has 16 heavy (non-hydrogen) atoms. The summed E-state index contributed by atoms with van der Waals surface area (Å²) in [6, 6.07) is 3.42. The molecule has 1 aromatic heterocycles. The summed E-state index contributed by atoms with van der Waals surface area (Å²) in [6.07, 6.45) is 6.66. The lowest BCUT2D eigenvalue weighted by molar-refractivity contribution is 0.0690. The van der Waals surface area contributed by atoms with Gasteiger partial charge in [-0.25, -0.2) is 9.78 Å². The van der Waals surface area contributed by atoms with Crippen molar-refractivity contribution < 1.29 is 9.90 Å². The van der Waals surface area contributed by atoms with E-state index < -0.39 is 5.97 Å². The highest BCUT2D eigenvalue weighted by atomic mass is 16.4. The summed E-state index contributed by atoms with van der Waals surface area (Å²) >= 11 is 0. The van der Waals surface area contributed by atoms with Crippen LogP contribution < -0.4 is 4.90 Å². The number of carboxylic acids is 1. The molecule has 0 amide bonds. The van der Waals surface area contributed by atoms with Gasteiger partial charge < -0.3 is 10.0 Å². The Morgan fingerprint density at radius 2 is 1.88 bits per heavy atom. The highest BCUT2D eigenvalue weighted by Crippen LogP contribution is 2.18. The molecular weight excluding hydrogens is 204 g/mol. The van der Waals surface area contributed by atoms with E-state index >= 15 is 0 Å². The van der Waals surface area contributed by atoms with Crippen LogP contribution in [0.1, 0.15) is 36.2 Å². The van der Waals surface area contributed by atoms with Gasteiger partial charge in [-0.2, -0.15) is 0 Å². The summed E-state index contributed by atoms with van der Waals surface area (Å²) in [5, 5.41) is 8.75. The molecule has 0 bridgehead atoms. The molecule has 4 nitrogen and oxygen atoms in total. The lowest BCUT2D eigenvalue weighted by atomic mass is 10.2. The van der Waals surface area contributed by atoms with E-state index in [1.807, 2.05) is 6.07 Å². The SMILES string of the molecule is O=C(O)c1ccc(N2CCCCCC2)cn1. The first-order valence-electron chi connectivity index (χ1n) is 5.71. The number of nitrogens with zero attached hydrogens (tertiary/aromatic N) is 2. The molecule has 0 aromatic carbocycles. The fraction of sp³-hybridized carbons (Fsp3) is 0.500. The summed E-state index contributed by atoms with van der Waals surface area (Å²) in [5.41, 5.74) is 1.14. The van der Waals surface area contributed by atoms with Crippen LogP contribution >= 0.6 is 0 Å². The van der Waals surface area contributed by atoms with Gasteiger partial charge in [0, 0.05) is 13.1 Å². The minimum absolute atomic E-state index is 0.110. The lowest BCUT2D eigenvalue weighted by Crippen LogP contribution is -2.24. The van der Waals surface area contributed by atoms with Gasteiger partial charge in [0.15, 0.2) is 0 Å². The molecule has 2 rings (SSSR count). The van der Waals surface area contributed by atoms with Crippen molar-refractivity contribution in [2.24, 2.45) is 0 Å². The molecule has 0 aliphatic carbocycles. The number of hydrogen-bond donors (Lipinski definition) is 1. The van der Waals surface area contributed by atoms with Crippen LogP contribution in [0.25, 0.3) is 0 Å². The molecule has 1 fully saturated rings. The monoisotopic (exact) mass is 220 g/mol. The predicted molar refractivity (Wildman–Crippen MR) is 61.9 cm³/mol. The van der Waals surface area contributed by atoms with Crippen LogP contribution in [0.3, 0.4) is 0 Å². The van der Waals surface area contributed by atoms with Gasteiger partial charge >= 0.3 is 5.97 Å². The number of carboxylic acid groups (broad SMARTS) is 1. The van der Waals surface area contributed by atoms with Crippen molar-refractivity contribution >= 4 is 11.7 Å². The molecule has 0 spiro atoms. The molecule has 0 atom stereocenters. The average Bonchev–Trinajstić information content (AvgIpc) is 2.57. The number of aromatic nitrogens is 1. The molecule has 1 aromatic rings. The summed E-state index contributed by atoms with van der Waals surface area (Å²) in [6.45, 7) is 2.10. The first kappa shape index (κ1) is 10.9. The van der Waals surface area contributed by atoms with Crippen molar-refractivity contribution in [1.29, 1.82) is 0 Å². The standard InChI is InChI=1S/C12H16N2O2/c15-12(16)11-6-5-10(9-13-11)14-7-3-1-2-4-8-14/h5-6,9H,1-4,7-8H2,(H,15,16). The predicted octanol–water partition coefficient (Wildman–Crippen LogP) is 2.16. The maximum Gasteiger partial charge on any atom is 0.354 e. The van der Waals surface area contributed by atoms with Crippen LogP contribution in [-0.2, 0) is 0 Å². The zero-order valence-electron chi connectivity index (χ0n) is 9.22. The Morgan fingerprint density at radius 3 is 2.38 bits per heavy atom. The number of aromatic carboxylic acids is 1. The van der Waals surface area contributed by atoms with Crippen LogP contribution in [-0.4, -0.2) is 29.1 Å². The van der Waals surface area contributed by atoms with Crippen molar-refractivity contribution in [2.75, 3.05) is 18.0 Å². The Labute approximate surface area is 94.9 Å². The molecule has 4 heteroatoms. The van der Waals surface area contributed by atoms with Crippen molar-refractivity contribution in [3.05, 3.63) is 24.0 Å². The highest BCUT2D eigenvalue weighted by molar-refractivity contribution is 5.85. The van der Waals surface area contributed by atoms with Crippen molar-refractivity contribution in [3.8, 4) is 0 Å². The number of anilines is 1. The molecular formula is C12H16N2O2. The van der Waals surface area contributed by atoms with Gasteiger partial charge in [-0.05, 0) is 25.0 Å². The van der Waals surface area contributed by atoms with Gasteiger partial charge in [0.1, 0.15) is 5.69 Å². The summed E-state index contributed by atoms with van der Waals surface area (Å²) in [4.78, 5) is 16.9. The minimum Gasteiger partial charge on any atom is -0.477 e. The second kappa shape index (κ2) is 4.96. The van der Waals surface area contributed by atoms with Crippen molar-refractivity contribution in [2.45, 2.75) is 25.7 Å². The Balaban J connectivity index is 2.10. The molecule has 2 heterocycles. The van der Waals surface area contributed by atoms with Gasteiger partial charge in [-0.3, -0.25) is 0 Å². The van der Waals surface area contributed by atoms with Crippen LogP contribution in [0.5, 0.6) is 0 Å². The van der Waals surface area contributed by atoms with E-state index in [1.165, 1.54) is 25.7 Å². The molecule has 86 valence electrons. The van der Waals surface area contributed by atoms with Gasteiger partial charge in [0.25, 0.3) is 0 Å². The minimum atomic E-state index is -0.970. The smallest absolute Gasteiger partial charge is 0.354 e. The normalized spacial score (nSPS) is 16.9. The van der Waals surface area contributed by atoms with E-state index in [0.29, 0.717) is 0 Å². The third-order valence-electron chi connectivity index (χ3n) is 2.94.